The summed E-state index contributed by atoms with van der Waals surface area (Å²) in [6.45, 7) is 2.74. The number of rotatable bonds is 6. The molecule has 0 bridgehead atoms. The second-order valence-corrected chi connectivity index (χ2v) is 6.28. The number of thiophene rings is 1. The summed E-state index contributed by atoms with van der Waals surface area (Å²) in [6.07, 6.45) is 0.948. The molecule has 1 aliphatic rings. The van der Waals surface area contributed by atoms with Crippen LogP contribution >= 0.6 is 11.3 Å². The molecule has 0 aliphatic carbocycles. The number of nitrogens with one attached hydrogen (secondary N) is 1. The van der Waals surface area contributed by atoms with Gasteiger partial charge in [0.05, 0.1) is 10.8 Å². The topological polar surface area (TPSA) is 52.7 Å². The van der Waals surface area contributed by atoms with E-state index in [1.807, 2.05) is 31.6 Å². The SMILES string of the molecule is CN(C)CCCNC(=O)C1CN(C(=O)c2cccs2)C1. The first kappa shape index (κ1) is 15.0. The highest BCUT2D eigenvalue weighted by atomic mass is 32.1. The molecule has 1 saturated heterocycles. The zero-order chi connectivity index (χ0) is 14.5. The van der Waals surface area contributed by atoms with Crippen molar-refractivity contribution in [2.45, 2.75) is 6.42 Å². The van der Waals surface area contributed by atoms with Gasteiger partial charge in [-0.3, -0.25) is 9.59 Å². The first-order valence-corrected chi connectivity index (χ1v) is 7.71. The Morgan fingerprint density at radius 3 is 2.80 bits per heavy atom. The molecule has 2 rings (SSSR count). The number of hydrogen-bond donors (Lipinski definition) is 1. The van der Waals surface area contributed by atoms with Crippen molar-refractivity contribution in [1.82, 2.24) is 15.1 Å². The standard InChI is InChI=1S/C14H21N3O2S/c1-16(2)7-4-6-15-13(18)11-9-17(10-11)14(19)12-5-3-8-20-12/h3,5,8,11H,4,6-7,9-10H2,1-2H3,(H,15,18). The minimum atomic E-state index is -0.0433. The van der Waals surface area contributed by atoms with Crippen LogP contribution in [-0.4, -0.2) is 61.9 Å². The van der Waals surface area contributed by atoms with Crippen molar-refractivity contribution in [1.29, 1.82) is 0 Å². The summed E-state index contributed by atoms with van der Waals surface area (Å²) in [5.41, 5.74) is 0. The number of nitrogens with zero attached hydrogens (tertiary/aromatic N) is 2. The summed E-state index contributed by atoms with van der Waals surface area (Å²) in [6, 6.07) is 3.69. The number of amides is 2. The number of hydrogen-bond acceptors (Lipinski definition) is 4. The summed E-state index contributed by atoms with van der Waals surface area (Å²) < 4.78 is 0. The highest BCUT2D eigenvalue weighted by molar-refractivity contribution is 7.12. The Labute approximate surface area is 123 Å². The number of carbonyl (C=O) groups excluding carboxylic acids is 2. The molecule has 1 N–H and O–H groups in total. The van der Waals surface area contributed by atoms with Crippen LogP contribution in [0.25, 0.3) is 0 Å². The van der Waals surface area contributed by atoms with Crippen molar-refractivity contribution in [3.8, 4) is 0 Å². The summed E-state index contributed by atoms with van der Waals surface area (Å²) in [5.74, 6) is 0.0638. The van der Waals surface area contributed by atoms with Crippen LogP contribution in [0.2, 0.25) is 0 Å². The maximum Gasteiger partial charge on any atom is 0.263 e. The zero-order valence-corrected chi connectivity index (χ0v) is 12.8. The third kappa shape index (κ3) is 3.80. The van der Waals surface area contributed by atoms with Gasteiger partial charge in [0, 0.05) is 19.6 Å². The van der Waals surface area contributed by atoms with Crippen LogP contribution in [0.5, 0.6) is 0 Å². The van der Waals surface area contributed by atoms with Gasteiger partial charge in [0.15, 0.2) is 0 Å². The van der Waals surface area contributed by atoms with Crippen molar-refractivity contribution < 1.29 is 9.59 Å². The second-order valence-electron chi connectivity index (χ2n) is 5.33. The molecule has 2 heterocycles. The van der Waals surface area contributed by atoms with Crippen LogP contribution in [0.3, 0.4) is 0 Å². The van der Waals surface area contributed by atoms with Crippen molar-refractivity contribution in [3.05, 3.63) is 22.4 Å². The Balaban J connectivity index is 1.65. The first-order valence-electron chi connectivity index (χ1n) is 6.83. The van der Waals surface area contributed by atoms with Crippen molar-refractivity contribution in [3.63, 3.8) is 0 Å². The monoisotopic (exact) mass is 295 g/mol. The quantitative estimate of drug-likeness (QED) is 0.793. The molecular formula is C14H21N3O2S. The first-order chi connectivity index (χ1) is 9.58. The van der Waals surface area contributed by atoms with Gasteiger partial charge in [-0.25, -0.2) is 0 Å². The lowest BCUT2D eigenvalue weighted by molar-refractivity contribution is -0.128. The minimum Gasteiger partial charge on any atom is -0.356 e. The Morgan fingerprint density at radius 2 is 2.20 bits per heavy atom. The fraction of sp³-hybridized carbons (Fsp3) is 0.571. The number of likely N-dealkylation sites (tertiary alicyclic amines) is 1. The highest BCUT2D eigenvalue weighted by Gasteiger charge is 2.35. The molecular weight excluding hydrogens is 274 g/mol. The van der Waals surface area contributed by atoms with Crippen molar-refractivity contribution in [2.75, 3.05) is 40.3 Å². The predicted molar refractivity (Wildman–Crippen MR) is 79.9 cm³/mol. The summed E-state index contributed by atoms with van der Waals surface area (Å²) >= 11 is 1.44. The largest absolute Gasteiger partial charge is 0.356 e. The lowest BCUT2D eigenvalue weighted by atomic mass is 9.99. The van der Waals surface area contributed by atoms with E-state index in [0.29, 0.717) is 19.6 Å². The summed E-state index contributed by atoms with van der Waals surface area (Å²) in [5, 5.41) is 4.82. The molecule has 1 aromatic rings. The normalized spacial score (nSPS) is 15.2. The third-order valence-electron chi connectivity index (χ3n) is 3.35. The molecule has 110 valence electrons. The van der Waals surface area contributed by atoms with Crippen LogP contribution in [0.15, 0.2) is 17.5 Å². The van der Waals surface area contributed by atoms with E-state index in [4.69, 9.17) is 0 Å². The second kappa shape index (κ2) is 6.85. The fourth-order valence-electron chi connectivity index (χ4n) is 2.12. The zero-order valence-electron chi connectivity index (χ0n) is 12.0. The van der Waals surface area contributed by atoms with Crippen LogP contribution in [0, 0.1) is 5.92 Å². The van der Waals surface area contributed by atoms with E-state index in [1.54, 1.807) is 4.90 Å². The molecule has 2 amide bonds. The maximum absolute atomic E-state index is 12.0. The average Bonchev–Trinajstić information content (AvgIpc) is 2.86. The van der Waals surface area contributed by atoms with E-state index < -0.39 is 0 Å². The molecule has 5 nitrogen and oxygen atoms in total. The molecule has 6 heteroatoms. The summed E-state index contributed by atoms with van der Waals surface area (Å²) in [7, 11) is 4.03. The smallest absolute Gasteiger partial charge is 0.263 e. The van der Waals surface area contributed by atoms with Gasteiger partial charge in [0.2, 0.25) is 5.91 Å². The summed E-state index contributed by atoms with van der Waals surface area (Å²) in [4.78, 5) is 28.4. The van der Waals surface area contributed by atoms with Gasteiger partial charge in [0.25, 0.3) is 5.91 Å². The van der Waals surface area contributed by atoms with Crippen molar-refractivity contribution >= 4 is 23.2 Å². The van der Waals surface area contributed by atoms with Gasteiger partial charge >= 0.3 is 0 Å². The van der Waals surface area contributed by atoms with E-state index >= 15 is 0 Å². The van der Waals surface area contributed by atoms with Gasteiger partial charge in [-0.05, 0) is 38.5 Å². The molecule has 1 aromatic heterocycles. The molecule has 0 saturated carbocycles. The Bertz CT molecular complexity index is 453. The van der Waals surface area contributed by atoms with Gasteiger partial charge in [-0.15, -0.1) is 11.3 Å². The Morgan fingerprint density at radius 1 is 1.45 bits per heavy atom. The van der Waals surface area contributed by atoms with Gasteiger partial charge in [-0.1, -0.05) is 6.07 Å². The van der Waals surface area contributed by atoms with Crippen LogP contribution < -0.4 is 5.32 Å². The lowest BCUT2D eigenvalue weighted by Gasteiger charge is -2.37. The molecule has 1 aliphatic heterocycles. The van der Waals surface area contributed by atoms with Crippen molar-refractivity contribution in [2.24, 2.45) is 5.92 Å². The molecule has 1 fully saturated rings. The van der Waals surface area contributed by atoms with Crippen LogP contribution in [-0.2, 0) is 4.79 Å². The highest BCUT2D eigenvalue weighted by Crippen LogP contribution is 2.21. The predicted octanol–water partition coefficient (Wildman–Crippen LogP) is 0.888. The van der Waals surface area contributed by atoms with Crippen LogP contribution in [0.4, 0.5) is 0 Å². The van der Waals surface area contributed by atoms with E-state index in [0.717, 1.165) is 17.8 Å². The third-order valence-corrected chi connectivity index (χ3v) is 4.21. The molecule has 0 aromatic carbocycles. The Kier molecular flexibility index (Phi) is 5.14. The molecule has 0 atom stereocenters. The molecule has 20 heavy (non-hydrogen) atoms. The van der Waals surface area contributed by atoms with Gasteiger partial charge in [-0.2, -0.15) is 0 Å². The van der Waals surface area contributed by atoms with Gasteiger partial charge < -0.3 is 15.1 Å². The number of carbonyl (C=O) groups is 2. The van der Waals surface area contributed by atoms with E-state index in [9.17, 15) is 9.59 Å². The molecule has 0 radical (unpaired) electrons. The van der Waals surface area contributed by atoms with E-state index in [-0.39, 0.29) is 17.7 Å². The van der Waals surface area contributed by atoms with E-state index in [1.165, 1.54) is 11.3 Å². The lowest BCUT2D eigenvalue weighted by Crippen LogP contribution is -2.55. The van der Waals surface area contributed by atoms with Gasteiger partial charge in [0.1, 0.15) is 0 Å². The molecule has 0 unspecified atom stereocenters. The minimum absolute atomic E-state index is 0.0386. The maximum atomic E-state index is 12.0. The fourth-order valence-corrected chi connectivity index (χ4v) is 2.81. The average molecular weight is 295 g/mol. The molecule has 0 spiro atoms. The van der Waals surface area contributed by atoms with Crippen LogP contribution in [0.1, 0.15) is 16.1 Å². The van der Waals surface area contributed by atoms with E-state index in [2.05, 4.69) is 10.2 Å². The Hall–Kier alpha value is -1.40.